The van der Waals surface area contributed by atoms with Crippen molar-refractivity contribution in [2.45, 2.75) is 6.42 Å². The topological polar surface area (TPSA) is 43.6 Å². The van der Waals surface area contributed by atoms with Crippen LogP contribution in [0.25, 0.3) is 83.9 Å². The summed E-state index contributed by atoms with van der Waals surface area (Å²) in [5.41, 5.74) is 14.0. The van der Waals surface area contributed by atoms with Gasteiger partial charge in [0.05, 0.1) is 11.0 Å². The zero-order valence-electron chi connectivity index (χ0n) is 27.2. The van der Waals surface area contributed by atoms with Crippen molar-refractivity contribution < 1.29 is 0 Å². The zero-order valence-corrected chi connectivity index (χ0v) is 27.2. The van der Waals surface area contributed by atoms with E-state index in [-0.39, 0.29) is 0 Å². The third-order valence-corrected chi connectivity index (χ3v) is 9.94. The predicted molar refractivity (Wildman–Crippen MR) is 204 cm³/mol. The van der Waals surface area contributed by atoms with Crippen LogP contribution in [0, 0.1) is 0 Å². The lowest BCUT2D eigenvalue weighted by molar-refractivity contribution is 0.950. The molecule has 0 saturated heterocycles. The minimum Gasteiger partial charge on any atom is -0.277 e. The van der Waals surface area contributed by atoms with E-state index < -0.39 is 0 Å². The Morgan fingerprint density at radius 3 is 1.54 bits per heavy atom. The second-order valence-electron chi connectivity index (χ2n) is 12.8. The van der Waals surface area contributed by atoms with Crippen molar-refractivity contribution in [2.75, 3.05) is 0 Å². The molecule has 9 aromatic rings. The molecule has 7 aromatic carbocycles. The molecule has 2 heterocycles. The van der Waals surface area contributed by atoms with Crippen LogP contribution in [0.4, 0.5) is 0 Å². The molecular formula is C46H30N4. The van der Waals surface area contributed by atoms with E-state index in [1.54, 1.807) is 0 Å². The maximum Gasteiger partial charge on any atom is 0.238 e. The highest BCUT2D eigenvalue weighted by molar-refractivity contribution is 6.12. The van der Waals surface area contributed by atoms with Crippen molar-refractivity contribution in [3.05, 3.63) is 181 Å². The molecule has 0 saturated carbocycles. The summed E-state index contributed by atoms with van der Waals surface area (Å²) in [7, 11) is 0. The molecule has 0 N–H and O–H groups in total. The zero-order chi connectivity index (χ0) is 33.0. The highest BCUT2D eigenvalue weighted by atomic mass is 15.2. The first-order valence-corrected chi connectivity index (χ1v) is 17.0. The number of rotatable bonds is 5. The minimum absolute atomic E-state index is 0.611. The summed E-state index contributed by atoms with van der Waals surface area (Å²) < 4.78 is 2.26. The normalized spacial score (nSPS) is 11.9. The number of fused-ring (bicyclic) bond motifs is 7. The van der Waals surface area contributed by atoms with Gasteiger partial charge in [0.25, 0.3) is 0 Å². The summed E-state index contributed by atoms with van der Waals surface area (Å²) in [4.78, 5) is 15.6. The van der Waals surface area contributed by atoms with Gasteiger partial charge in [-0.05, 0) is 50.6 Å². The molecule has 234 valence electrons. The molecule has 1 aliphatic carbocycles. The van der Waals surface area contributed by atoms with Gasteiger partial charge in [0.2, 0.25) is 5.95 Å². The Hall–Kier alpha value is -6.65. The van der Waals surface area contributed by atoms with Gasteiger partial charge in [-0.3, -0.25) is 4.57 Å². The Balaban J connectivity index is 1.19. The van der Waals surface area contributed by atoms with Crippen molar-refractivity contribution in [2.24, 2.45) is 0 Å². The SMILES string of the molecule is c1ccc(-c2ccc(-c3nc(-c4ccc(-c5ccccc5)cc4)nc(-n4c5ccccc5c5ccc6c(c54)Cc4ccccc4-6)n3)cc2)cc1. The summed E-state index contributed by atoms with van der Waals surface area (Å²) >= 11 is 0. The smallest absolute Gasteiger partial charge is 0.238 e. The fraction of sp³-hybridized carbons (Fsp3) is 0.0217. The summed E-state index contributed by atoms with van der Waals surface area (Å²) in [5.74, 6) is 1.89. The monoisotopic (exact) mass is 638 g/mol. The molecule has 0 unspecified atom stereocenters. The van der Waals surface area contributed by atoms with Crippen molar-refractivity contribution >= 4 is 21.8 Å². The standard InChI is InChI=1S/C46H30N4/c1-3-11-30(12-4-1)32-19-23-34(24-20-32)44-47-45(35-25-21-33(22-26-35)31-13-5-2-6-14-31)49-46(48-44)50-42-18-10-9-17-39(42)40-28-27-38-37-16-8-7-15-36(37)29-41(38)43(40)50/h1-28H,29H2. The Labute approximate surface area is 290 Å². The molecule has 0 aliphatic heterocycles. The van der Waals surface area contributed by atoms with Crippen LogP contribution in [-0.4, -0.2) is 19.5 Å². The van der Waals surface area contributed by atoms with Gasteiger partial charge in [-0.25, -0.2) is 4.98 Å². The van der Waals surface area contributed by atoms with E-state index in [0.29, 0.717) is 17.6 Å². The van der Waals surface area contributed by atoms with E-state index >= 15 is 0 Å². The van der Waals surface area contributed by atoms with Crippen LogP contribution in [0.3, 0.4) is 0 Å². The Kier molecular flexibility index (Phi) is 6.53. The molecule has 0 atom stereocenters. The molecule has 0 spiro atoms. The van der Waals surface area contributed by atoms with Gasteiger partial charge in [0.15, 0.2) is 11.6 Å². The minimum atomic E-state index is 0.611. The lowest BCUT2D eigenvalue weighted by Crippen LogP contribution is -2.07. The van der Waals surface area contributed by atoms with Crippen LogP contribution in [-0.2, 0) is 6.42 Å². The van der Waals surface area contributed by atoms with Gasteiger partial charge < -0.3 is 0 Å². The van der Waals surface area contributed by atoms with Crippen molar-refractivity contribution in [1.29, 1.82) is 0 Å². The summed E-state index contributed by atoms with van der Waals surface area (Å²) in [5, 5.41) is 2.39. The van der Waals surface area contributed by atoms with Crippen LogP contribution in [0.5, 0.6) is 0 Å². The van der Waals surface area contributed by atoms with Crippen molar-refractivity contribution in [1.82, 2.24) is 19.5 Å². The van der Waals surface area contributed by atoms with E-state index in [0.717, 1.165) is 39.7 Å². The molecular weight excluding hydrogens is 609 g/mol. The van der Waals surface area contributed by atoms with Crippen LogP contribution in [0.1, 0.15) is 11.1 Å². The first-order chi connectivity index (χ1) is 24.8. The van der Waals surface area contributed by atoms with E-state index in [1.165, 1.54) is 44.2 Å². The van der Waals surface area contributed by atoms with E-state index in [2.05, 4.69) is 162 Å². The Morgan fingerprint density at radius 1 is 0.380 bits per heavy atom. The first kappa shape index (κ1) is 28.4. The van der Waals surface area contributed by atoms with Crippen LogP contribution < -0.4 is 0 Å². The average Bonchev–Trinajstić information content (AvgIpc) is 3.75. The highest BCUT2D eigenvalue weighted by Gasteiger charge is 2.26. The van der Waals surface area contributed by atoms with Crippen molar-refractivity contribution in [3.8, 4) is 62.1 Å². The third-order valence-electron chi connectivity index (χ3n) is 9.94. The number of benzene rings is 7. The summed E-state index contributed by atoms with van der Waals surface area (Å²) in [6, 6.07) is 59.8. The molecule has 2 aromatic heterocycles. The average molecular weight is 639 g/mol. The highest BCUT2D eigenvalue weighted by Crippen LogP contribution is 2.44. The molecule has 10 rings (SSSR count). The van der Waals surface area contributed by atoms with Gasteiger partial charge in [0, 0.05) is 28.3 Å². The number of aromatic nitrogens is 4. The number of para-hydroxylation sites is 1. The summed E-state index contributed by atoms with van der Waals surface area (Å²) in [6.45, 7) is 0. The lowest BCUT2D eigenvalue weighted by atomic mass is 10.0. The van der Waals surface area contributed by atoms with E-state index in [4.69, 9.17) is 15.0 Å². The van der Waals surface area contributed by atoms with Crippen LogP contribution >= 0.6 is 0 Å². The van der Waals surface area contributed by atoms with Crippen LogP contribution in [0.2, 0.25) is 0 Å². The Bertz CT molecular complexity index is 2590. The predicted octanol–water partition coefficient (Wildman–Crippen LogP) is 11.2. The second-order valence-corrected chi connectivity index (χ2v) is 12.8. The summed E-state index contributed by atoms with van der Waals surface area (Å²) in [6.07, 6.45) is 0.867. The molecule has 0 amide bonds. The second kappa shape index (κ2) is 11.5. The molecule has 50 heavy (non-hydrogen) atoms. The number of nitrogens with zero attached hydrogens (tertiary/aromatic N) is 4. The van der Waals surface area contributed by atoms with Gasteiger partial charge in [-0.15, -0.1) is 0 Å². The largest absolute Gasteiger partial charge is 0.277 e. The van der Waals surface area contributed by atoms with E-state index in [9.17, 15) is 0 Å². The first-order valence-electron chi connectivity index (χ1n) is 17.0. The quantitative estimate of drug-likeness (QED) is 0.188. The molecule has 1 aliphatic rings. The molecule has 4 nitrogen and oxygen atoms in total. The molecule has 0 fully saturated rings. The maximum atomic E-state index is 5.25. The van der Waals surface area contributed by atoms with Crippen LogP contribution in [0.15, 0.2) is 170 Å². The molecule has 0 bridgehead atoms. The Morgan fingerprint density at radius 2 is 0.900 bits per heavy atom. The molecule has 0 radical (unpaired) electrons. The fourth-order valence-corrected chi connectivity index (χ4v) is 7.50. The third kappa shape index (κ3) is 4.65. The number of hydrogen-bond donors (Lipinski definition) is 0. The van der Waals surface area contributed by atoms with Crippen molar-refractivity contribution in [3.63, 3.8) is 0 Å². The van der Waals surface area contributed by atoms with Gasteiger partial charge in [-0.2, -0.15) is 9.97 Å². The number of hydrogen-bond acceptors (Lipinski definition) is 3. The maximum absolute atomic E-state index is 5.25. The van der Waals surface area contributed by atoms with Gasteiger partial charge in [0.1, 0.15) is 0 Å². The van der Waals surface area contributed by atoms with Gasteiger partial charge >= 0.3 is 0 Å². The fourth-order valence-electron chi connectivity index (χ4n) is 7.50. The van der Waals surface area contributed by atoms with Gasteiger partial charge in [-0.1, -0.05) is 164 Å². The van der Waals surface area contributed by atoms with E-state index in [1.807, 2.05) is 12.1 Å². The lowest BCUT2D eigenvalue weighted by Gasteiger charge is -2.13. The molecule has 4 heteroatoms.